The summed E-state index contributed by atoms with van der Waals surface area (Å²) in [6.07, 6.45) is -8.10. The zero-order chi connectivity index (χ0) is 27.7. The molecule has 1 saturated heterocycles. The SMILES string of the molecule is O=C(O)C1CCN(CC2CCC(OCc3cc(C(F)(F)F)cc(C(F)(F)F)c3)C2c2ccc(F)cc2)CC1. The van der Waals surface area contributed by atoms with E-state index in [1.165, 1.54) is 12.1 Å². The zero-order valence-corrected chi connectivity index (χ0v) is 20.4. The second-order valence-electron chi connectivity index (χ2n) is 10.1. The quantitative estimate of drug-likeness (QED) is 0.390. The van der Waals surface area contributed by atoms with Crippen LogP contribution in [0.1, 0.15) is 53.9 Å². The first kappa shape index (κ1) is 28.4. The average molecular weight is 548 g/mol. The molecule has 11 heteroatoms. The molecular formula is C27H28F7NO3. The Hall–Kier alpha value is -2.66. The zero-order valence-electron chi connectivity index (χ0n) is 20.4. The Morgan fingerprint density at radius 2 is 1.47 bits per heavy atom. The summed E-state index contributed by atoms with van der Waals surface area (Å²) in [6.45, 7) is 1.42. The topological polar surface area (TPSA) is 49.8 Å². The smallest absolute Gasteiger partial charge is 0.416 e. The predicted molar refractivity (Wildman–Crippen MR) is 124 cm³/mol. The molecule has 2 aliphatic rings. The molecule has 0 bridgehead atoms. The summed E-state index contributed by atoms with van der Waals surface area (Å²) < 4.78 is 99.1. The van der Waals surface area contributed by atoms with E-state index in [0.29, 0.717) is 57.5 Å². The number of carboxylic acids is 1. The summed E-state index contributed by atoms with van der Waals surface area (Å²) in [5.74, 6) is -1.83. The molecule has 1 aliphatic heterocycles. The molecule has 1 saturated carbocycles. The van der Waals surface area contributed by atoms with E-state index in [-0.39, 0.29) is 29.4 Å². The molecule has 0 aromatic heterocycles. The van der Waals surface area contributed by atoms with Gasteiger partial charge >= 0.3 is 18.3 Å². The Kier molecular flexibility index (Phi) is 8.37. The van der Waals surface area contributed by atoms with Crippen molar-refractivity contribution in [2.45, 2.75) is 56.7 Å². The van der Waals surface area contributed by atoms with E-state index in [1.807, 2.05) is 0 Å². The fourth-order valence-electron chi connectivity index (χ4n) is 5.60. The van der Waals surface area contributed by atoms with Gasteiger partial charge in [0.05, 0.1) is 29.8 Å². The van der Waals surface area contributed by atoms with Crippen molar-refractivity contribution >= 4 is 5.97 Å². The van der Waals surface area contributed by atoms with Gasteiger partial charge in [0.15, 0.2) is 0 Å². The third-order valence-corrected chi connectivity index (χ3v) is 7.53. The van der Waals surface area contributed by atoms with Crippen LogP contribution in [0.2, 0.25) is 0 Å². The van der Waals surface area contributed by atoms with Gasteiger partial charge in [0.2, 0.25) is 0 Å². The summed E-state index contributed by atoms with van der Waals surface area (Å²) in [7, 11) is 0. The highest BCUT2D eigenvalue weighted by atomic mass is 19.4. The van der Waals surface area contributed by atoms with E-state index in [9.17, 15) is 40.6 Å². The van der Waals surface area contributed by atoms with Gasteiger partial charge < -0.3 is 14.7 Å². The second-order valence-corrected chi connectivity index (χ2v) is 10.1. The second kappa shape index (κ2) is 11.2. The monoisotopic (exact) mass is 547 g/mol. The summed E-state index contributed by atoms with van der Waals surface area (Å²) in [5, 5.41) is 9.24. The van der Waals surface area contributed by atoms with Crippen LogP contribution in [0.4, 0.5) is 30.7 Å². The largest absolute Gasteiger partial charge is 0.481 e. The molecule has 208 valence electrons. The Balaban J connectivity index is 1.52. The molecule has 1 aliphatic carbocycles. The van der Waals surface area contributed by atoms with E-state index in [4.69, 9.17) is 4.74 Å². The number of piperidine rings is 1. The van der Waals surface area contributed by atoms with E-state index in [1.54, 1.807) is 12.1 Å². The van der Waals surface area contributed by atoms with Crippen molar-refractivity contribution in [2.24, 2.45) is 11.8 Å². The fraction of sp³-hybridized carbons (Fsp3) is 0.519. The van der Waals surface area contributed by atoms with Crippen LogP contribution < -0.4 is 0 Å². The molecule has 3 atom stereocenters. The van der Waals surface area contributed by atoms with Crippen molar-refractivity contribution in [1.82, 2.24) is 4.90 Å². The van der Waals surface area contributed by atoms with Gasteiger partial charge in [-0.15, -0.1) is 0 Å². The average Bonchev–Trinajstić information content (AvgIpc) is 3.24. The van der Waals surface area contributed by atoms with Crippen LogP contribution in [0, 0.1) is 17.7 Å². The van der Waals surface area contributed by atoms with Crippen molar-refractivity contribution in [3.05, 3.63) is 70.5 Å². The number of carbonyl (C=O) groups is 1. The van der Waals surface area contributed by atoms with Gasteiger partial charge in [0.1, 0.15) is 5.82 Å². The first-order chi connectivity index (χ1) is 17.8. The molecule has 1 N–H and O–H groups in total. The number of carboxylic acid groups (broad SMARTS) is 1. The third kappa shape index (κ3) is 6.85. The highest BCUT2D eigenvalue weighted by Crippen LogP contribution is 2.43. The maximum Gasteiger partial charge on any atom is 0.416 e. The van der Waals surface area contributed by atoms with Gasteiger partial charge in [-0.2, -0.15) is 26.3 Å². The third-order valence-electron chi connectivity index (χ3n) is 7.53. The molecule has 3 unspecified atom stereocenters. The molecule has 0 amide bonds. The summed E-state index contributed by atoms with van der Waals surface area (Å²) in [5.41, 5.74) is -2.24. The fourth-order valence-corrected chi connectivity index (χ4v) is 5.60. The van der Waals surface area contributed by atoms with Crippen LogP contribution >= 0.6 is 0 Å². The van der Waals surface area contributed by atoms with Crippen LogP contribution in [0.25, 0.3) is 0 Å². The Labute approximate surface area is 215 Å². The van der Waals surface area contributed by atoms with Crippen molar-refractivity contribution in [1.29, 1.82) is 0 Å². The standard InChI is InChI=1S/C27H28F7NO3/c28-22-4-1-17(2-5-22)24-19(14-35-9-7-18(8-10-35)25(36)37)3-6-23(24)38-15-16-11-20(26(29,30)31)13-21(12-16)27(32,33)34/h1-2,4-5,11-13,18-19,23-24H,3,6-10,14-15H2,(H,36,37). The van der Waals surface area contributed by atoms with Crippen LogP contribution in [0.15, 0.2) is 42.5 Å². The number of aliphatic carboxylic acids is 1. The van der Waals surface area contributed by atoms with Gasteiger partial charge in [0, 0.05) is 12.5 Å². The van der Waals surface area contributed by atoms with Gasteiger partial charge in [-0.05, 0) is 86.1 Å². The van der Waals surface area contributed by atoms with Crippen molar-refractivity contribution in [3.8, 4) is 0 Å². The maximum atomic E-state index is 13.6. The van der Waals surface area contributed by atoms with E-state index >= 15 is 0 Å². The number of rotatable bonds is 7. The van der Waals surface area contributed by atoms with E-state index in [2.05, 4.69) is 4.90 Å². The number of ether oxygens (including phenoxy) is 1. The summed E-state index contributed by atoms with van der Waals surface area (Å²) >= 11 is 0. The molecule has 2 fully saturated rings. The lowest BCUT2D eigenvalue weighted by atomic mass is 9.86. The van der Waals surface area contributed by atoms with Gasteiger partial charge in [-0.3, -0.25) is 4.79 Å². The number of hydrogen-bond donors (Lipinski definition) is 1. The predicted octanol–water partition coefficient (Wildman–Crippen LogP) is 6.74. The van der Waals surface area contributed by atoms with Crippen molar-refractivity contribution in [3.63, 3.8) is 0 Å². The van der Waals surface area contributed by atoms with Crippen LogP contribution in [-0.2, 0) is 28.5 Å². The number of nitrogens with zero attached hydrogens (tertiary/aromatic N) is 1. The number of benzene rings is 2. The molecule has 0 radical (unpaired) electrons. The minimum atomic E-state index is -4.95. The van der Waals surface area contributed by atoms with Crippen molar-refractivity contribution in [2.75, 3.05) is 19.6 Å². The minimum absolute atomic E-state index is 0.0408. The number of likely N-dealkylation sites (tertiary alicyclic amines) is 1. The van der Waals surface area contributed by atoms with Crippen LogP contribution in [0.3, 0.4) is 0 Å². The molecule has 38 heavy (non-hydrogen) atoms. The van der Waals surface area contributed by atoms with Gasteiger partial charge in [-0.25, -0.2) is 4.39 Å². The van der Waals surface area contributed by atoms with Crippen LogP contribution in [-0.4, -0.2) is 41.7 Å². The Bertz CT molecular complexity index is 1080. The lowest BCUT2D eigenvalue weighted by Gasteiger charge is -2.34. The van der Waals surface area contributed by atoms with Crippen molar-refractivity contribution < 1.29 is 45.4 Å². The lowest BCUT2D eigenvalue weighted by molar-refractivity contribution is -0.144. The summed E-state index contributed by atoms with van der Waals surface area (Å²) in [4.78, 5) is 13.4. The van der Waals surface area contributed by atoms with Gasteiger partial charge in [-0.1, -0.05) is 12.1 Å². The maximum absolute atomic E-state index is 13.6. The Morgan fingerprint density at radius 3 is 2.00 bits per heavy atom. The Morgan fingerprint density at radius 1 is 0.895 bits per heavy atom. The van der Waals surface area contributed by atoms with E-state index in [0.717, 1.165) is 5.56 Å². The number of alkyl halides is 6. The normalized spacial score (nSPS) is 23.6. The molecule has 1 heterocycles. The molecule has 2 aromatic carbocycles. The highest BCUT2D eigenvalue weighted by Gasteiger charge is 2.40. The molecule has 4 rings (SSSR count). The molecule has 0 spiro atoms. The lowest BCUT2D eigenvalue weighted by Crippen LogP contribution is -2.40. The van der Waals surface area contributed by atoms with Gasteiger partial charge in [0.25, 0.3) is 0 Å². The molecular weight excluding hydrogens is 519 g/mol. The molecule has 4 nitrogen and oxygen atoms in total. The minimum Gasteiger partial charge on any atom is -0.481 e. The first-order valence-electron chi connectivity index (χ1n) is 12.4. The highest BCUT2D eigenvalue weighted by molar-refractivity contribution is 5.70. The molecule has 2 aromatic rings. The number of hydrogen-bond acceptors (Lipinski definition) is 3. The number of halogens is 7. The summed E-state index contributed by atoms with van der Waals surface area (Å²) in [6, 6.07) is 7.28. The first-order valence-corrected chi connectivity index (χ1v) is 12.4. The van der Waals surface area contributed by atoms with E-state index < -0.39 is 48.0 Å². The van der Waals surface area contributed by atoms with Crippen LogP contribution in [0.5, 0.6) is 0 Å².